The molecule has 0 amide bonds. The summed E-state index contributed by atoms with van der Waals surface area (Å²) >= 11 is 0. The van der Waals surface area contributed by atoms with Crippen molar-refractivity contribution in [2.75, 3.05) is 6.61 Å². The van der Waals surface area contributed by atoms with Crippen molar-refractivity contribution in [3.8, 4) is 11.8 Å². The Hall–Kier alpha value is -2.61. The maximum atomic E-state index is 8.79. The van der Waals surface area contributed by atoms with Gasteiger partial charge in [-0.3, -0.25) is 0 Å². The van der Waals surface area contributed by atoms with Crippen LogP contribution in [0, 0.1) is 23.2 Å². The Bertz CT molecular complexity index is 733. The standard InChI is InChI=1S/C18H17N3O2/c19-9-12-1-7-15(8-2-12)23-21-20-18-16(13-3-4-13)10-22-11-17(18)14-5-6-14/h1-2,7-8,10,13-14H,3-6,11H2. The normalized spacial score (nSPS) is 20.9. The molecule has 0 bridgehead atoms. The summed E-state index contributed by atoms with van der Waals surface area (Å²) in [6.07, 6.45) is 6.67. The molecule has 3 aliphatic rings. The van der Waals surface area contributed by atoms with Crippen molar-refractivity contribution in [3.63, 3.8) is 0 Å². The van der Waals surface area contributed by atoms with E-state index < -0.39 is 0 Å². The quantitative estimate of drug-likeness (QED) is 0.602. The van der Waals surface area contributed by atoms with Crippen LogP contribution in [0.3, 0.4) is 0 Å². The average Bonchev–Trinajstić information content (AvgIpc) is 3.49. The van der Waals surface area contributed by atoms with Gasteiger partial charge in [-0.2, -0.15) is 5.26 Å². The third-order valence-electron chi connectivity index (χ3n) is 4.38. The Labute approximate surface area is 134 Å². The number of allylic oxidation sites excluding steroid dienone is 1. The molecule has 1 aromatic rings. The molecule has 0 spiro atoms. The highest BCUT2D eigenvalue weighted by Gasteiger charge is 2.37. The summed E-state index contributed by atoms with van der Waals surface area (Å²) in [6.45, 7) is 0.617. The van der Waals surface area contributed by atoms with E-state index in [1.165, 1.54) is 36.8 Å². The van der Waals surface area contributed by atoms with E-state index in [9.17, 15) is 0 Å². The predicted octanol–water partition coefficient (Wildman–Crippen LogP) is 4.29. The Balaban J connectivity index is 1.52. The molecule has 5 heteroatoms. The zero-order valence-electron chi connectivity index (χ0n) is 12.7. The molecule has 23 heavy (non-hydrogen) atoms. The van der Waals surface area contributed by atoms with Gasteiger partial charge in [-0.25, -0.2) is 0 Å². The van der Waals surface area contributed by atoms with E-state index in [0.717, 1.165) is 5.70 Å². The van der Waals surface area contributed by atoms with Crippen LogP contribution in [0.1, 0.15) is 31.2 Å². The summed E-state index contributed by atoms with van der Waals surface area (Å²) in [6, 6.07) is 8.91. The van der Waals surface area contributed by atoms with Gasteiger partial charge in [0.05, 0.1) is 23.6 Å². The van der Waals surface area contributed by atoms with Gasteiger partial charge >= 0.3 is 0 Å². The molecule has 2 saturated carbocycles. The van der Waals surface area contributed by atoms with E-state index >= 15 is 0 Å². The van der Waals surface area contributed by atoms with Gasteiger partial charge in [0.25, 0.3) is 0 Å². The molecule has 2 aliphatic carbocycles. The molecule has 0 saturated heterocycles. The summed E-state index contributed by atoms with van der Waals surface area (Å²) in [4.78, 5) is 5.35. The maximum Gasteiger partial charge on any atom is 0.160 e. The second-order valence-corrected chi connectivity index (χ2v) is 6.22. The minimum Gasteiger partial charge on any atom is -0.496 e. The smallest absolute Gasteiger partial charge is 0.160 e. The van der Waals surface area contributed by atoms with Crippen LogP contribution in [0.5, 0.6) is 5.75 Å². The SMILES string of the molecule is N#Cc1ccc(ON=NC2=C(C3CC3)COC=C2C2CC2)cc1. The number of hydrogen-bond acceptors (Lipinski definition) is 5. The Kier molecular flexibility index (Phi) is 3.58. The van der Waals surface area contributed by atoms with E-state index in [4.69, 9.17) is 14.8 Å². The van der Waals surface area contributed by atoms with Gasteiger partial charge in [0.15, 0.2) is 5.75 Å². The van der Waals surface area contributed by atoms with Gasteiger partial charge in [0, 0.05) is 10.9 Å². The van der Waals surface area contributed by atoms with Crippen LogP contribution in [-0.4, -0.2) is 6.61 Å². The van der Waals surface area contributed by atoms with E-state index in [0.29, 0.717) is 29.8 Å². The number of hydrogen-bond donors (Lipinski definition) is 0. The molecule has 0 radical (unpaired) electrons. The van der Waals surface area contributed by atoms with E-state index in [2.05, 4.69) is 16.5 Å². The molecule has 0 N–H and O–H groups in total. The molecule has 116 valence electrons. The van der Waals surface area contributed by atoms with Gasteiger partial charge in [-0.15, -0.1) is 5.11 Å². The first-order chi connectivity index (χ1) is 11.3. The van der Waals surface area contributed by atoms with Crippen molar-refractivity contribution in [2.45, 2.75) is 25.7 Å². The third-order valence-corrected chi connectivity index (χ3v) is 4.38. The first-order valence-electron chi connectivity index (χ1n) is 7.98. The lowest BCUT2D eigenvalue weighted by molar-refractivity contribution is 0.259. The van der Waals surface area contributed by atoms with Gasteiger partial charge in [0.2, 0.25) is 0 Å². The first kappa shape index (κ1) is 14.0. The van der Waals surface area contributed by atoms with Crippen LogP contribution in [0.2, 0.25) is 0 Å². The number of ether oxygens (including phenoxy) is 1. The van der Waals surface area contributed by atoms with Crippen molar-refractivity contribution >= 4 is 0 Å². The minimum absolute atomic E-state index is 0.563. The average molecular weight is 307 g/mol. The molecule has 1 heterocycles. The number of nitrogens with zero attached hydrogens (tertiary/aromatic N) is 3. The minimum atomic E-state index is 0.563. The monoisotopic (exact) mass is 307 g/mol. The predicted molar refractivity (Wildman–Crippen MR) is 83.2 cm³/mol. The Morgan fingerprint density at radius 1 is 1.09 bits per heavy atom. The fourth-order valence-electron chi connectivity index (χ4n) is 2.78. The van der Waals surface area contributed by atoms with Crippen LogP contribution in [0.4, 0.5) is 0 Å². The number of rotatable bonds is 5. The van der Waals surface area contributed by atoms with Crippen molar-refractivity contribution in [2.24, 2.45) is 22.2 Å². The van der Waals surface area contributed by atoms with Crippen LogP contribution >= 0.6 is 0 Å². The summed E-state index contributed by atoms with van der Waals surface area (Å²) in [7, 11) is 0. The van der Waals surface area contributed by atoms with Crippen LogP contribution in [0.15, 0.2) is 57.8 Å². The number of benzene rings is 1. The molecule has 4 rings (SSSR count). The molecule has 5 nitrogen and oxygen atoms in total. The van der Waals surface area contributed by atoms with E-state index in [1.807, 2.05) is 6.26 Å². The van der Waals surface area contributed by atoms with Gasteiger partial charge in [-0.1, -0.05) is 0 Å². The Morgan fingerprint density at radius 3 is 2.48 bits per heavy atom. The van der Waals surface area contributed by atoms with Crippen LogP contribution < -0.4 is 4.84 Å². The van der Waals surface area contributed by atoms with Crippen LogP contribution in [-0.2, 0) is 4.74 Å². The summed E-state index contributed by atoms with van der Waals surface area (Å²) < 4.78 is 5.62. The van der Waals surface area contributed by atoms with Crippen molar-refractivity contribution in [1.29, 1.82) is 5.26 Å². The van der Waals surface area contributed by atoms with E-state index in [-0.39, 0.29) is 0 Å². The fraction of sp³-hybridized carbons (Fsp3) is 0.389. The summed E-state index contributed by atoms with van der Waals surface area (Å²) in [5, 5.41) is 17.1. The van der Waals surface area contributed by atoms with Crippen molar-refractivity contribution in [3.05, 3.63) is 52.9 Å². The summed E-state index contributed by atoms with van der Waals surface area (Å²) in [5.74, 6) is 1.74. The lowest BCUT2D eigenvalue weighted by Crippen LogP contribution is -2.09. The lowest BCUT2D eigenvalue weighted by Gasteiger charge is -2.18. The molecule has 1 aliphatic heterocycles. The van der Waals surface area contributed by atoms with E-state index in [1.54, 1.807) is 24.3 Å². The molecule has 0 atom stereocenters. The summed E-state index contributed by atoms with van der Waals surface area (Å²) in [5.41, 5.74) is 4.00. The highest BCUT2D eigenvalue weighted by atomic mass is 16.6. The molecular weight excluding hydrogens is 290 g/mol. The molecule has 1 aromatic carbocycles. The van der Waals surface area contributed by atoms with Crippen molar-refractivity contribution < 1.29 is 9.57 Å². The largest absolute Gasteiger partial charge is 0.496 e. The van der Waals surface area contributed by atoms with Gasteiger partial charge in [-0.05, 0) is 67.4 Å². The third kappa shape index (κ3) is 3.11. The van der Waals surface area contributed by atoms with Crippen LogP contribution in [0.25, 0.3) is 0 Å². The lowest BCUT2D eigenvalue weighted by atomic mass is 10.00. The number of nitriles is 1. The second-order valence-electron chi connectivity index (χ2n) is 6.22. The Morgan fingerprint density at radius 2 is 1.83 bits per heavy atom. The van der Waals surface area contributed by atoms with Crippen molar-refractivity contribution in [1.82, 2.24) is 0 Å². The molecule has 0 unspecified atom stereocenters. The topological polar surface area (TPSA) is 67.0 Å². The van der Waals surface area contributed by atoms with Gasteiger partial charge in [0.1, 0.15) is 6.61 Å². The molecule has 0 aromatic heterocycles. The molecular formula is C18H17N3O2. The molecule has 2 fully saturated rings. The fourth-order valence-corrected chi connectivity index (χ4v) is 2.78. The first-order valence-corrected chi connectivity index (χ1v) is 7.98. The van der Waals surface area contributed by atoms with Gasteiger partial charge < -0.3 is 9.57 Å². The highest BCUT2D eigenvalue weighted by Crippen LogP contribution is 2.47. The maximum absolute atomic E-state index is 8.79. The second kappa shape index (κ2) is 5.88. The zero-order valence-corrected chi connectivity index (χ0v) is 12.7. The highest BCUT2D eigenvalue weighted by molar-refractivity contribution is 5.41. The zero-order chi connectivity index (χ0) is 15.6.